The highest BCUT2D eigenvalue weighted by Crippen LogP contribution is 2.31. The van der Waals surface area contributed by atoms with Crippen molar-refractivity contribution in [3.8, 4) is 11.5 Å². The highest BCUT2D eigenvalue weighted by atomic mass is 16.5. The number of nitrogens with one attached hydrogen (secondary N) is 2. The predicted molar refractivity (Wildman–Crippen MR) is 79.3 cm³/mol. The zero-order valence-electron chi connectivity index (χ0n) is 12.6. The van der Waals surface area contributed by atoms with Gasteiger partial charge < -0.3 is 25.2 Å². The van der Waals surface area contributed by atoms with Crippen LogP contribution >= 0.6 is 0 Å². The molecule has 0 spiro atoms. The van der Waals surface area contributed by atoms with Crippen LogP contribution in [0.3, 0.4) is 0 Å². The van der Waals surface area contributed by atoms with Crippen LogP contribution in [0.25, 0.3) is 5.70 Å². The van der Waals surface area contributed by atoms with Crippen molar-refractivity contribution in [1.82, 2.24) is 10.6 Å². The number of hydrogen-bond donors (Lipinski definition) is 3. The number of esters is 1. The third-order valence-electron chi connectivity index (χ3n) is 3.25. The van der Waals surface area contributed by atoms with Crippen molar-refractivity contribution in [2.24, 2.45) is 0 Å². The number of benzene rings is 1. The van der Waals surface area contributed by atoms with E-state index in [0.717, 1.165) is 0 Å². The molecule has 0 unspecified atom stereocenters. The first kappa shape index (κ1) is 15.7. The normalized spacial score (nSPS) is 17.6. The van der Waals surface area contributed by atoms with Gasteiger partial charge in [-0.2, -0.15) is 0 Å². The average Bonchev–Trinajstić information content (AvgIpc) is 2.47. The van der Waals surface area contributed by atoms with E-state index >= 15 is 0 Å². The van der Waals surface area contributed by atoms with E-state index in [9.17, 15) is 14.7 Å². The number of urea groups is 1. The lowest BCUT2D eigenvalue weighted by Crippen LogP contribution is -2.48. The van der Waals surface area contributed by atoms with Gasteiger partial charge >= 0.3 is 12.0 Å². The molecule has 3 N–H and O–H groups in total. The molecule has 22 heavy (non-hydrogen) atoms. The largest absolute Gasteiger partial charge is 0.504 e. The first-order chi connectivity index (χ1) is 10.5. The number of carbonyl (C=O) groups is 2. The monoisotopic (exact) mass is 306 g/mol. The summed E-state index contributed by atoms with van der Waals surface area (Å²) in [6, 6.07) is 3.65. The molecule has 1 heterocycles. The second-order valence-electron chi connectivity index (χ2n) is 4.72. The van der Waals surface area contributed by atoms with Crippen LogP contribution in [-0.4, -0.2) is 36.9 Å². The Morgan fingerprint density at radius 1 is 1.41 bits per heavy atom. The van der Waals surface area contributed by atoms with Crippen molar-refractivity contribution in [1.29, 1.82) is 0 Å². The minimum atomic E-state index is -0.510. The van der Waals surface area contributed by atoms with Gasteiger partial charge in [0.1, 0.15) is 0 Å². The van der Waals surface area contributed by atoms with Crippen molar-refractivity contribution in [2.45, 2.75) is 19.9 Å². The van der Waals surface area contributed by atoms with Crippen molar-refractivity contribution in [2.75, 3.05) is 13.7 Å². The summed E-state index contributed by atoms with van der Waals surface area (Å²) in [6.45, 7) is 3.64. The number of rotatable bonds is 4. The molecule has 1 aliphatic rings. The van der Waals surface area contributed by atoms with Crippen molar-refractivity contribution in [3.05, 3.63) is 29.3 Å². The summed E-state index contributed by atoms with van der Waals surface area (Å²) in [7, 11) is 1.42. The molecule has 7 nitrogen and oxygen atoms in total. The van der Waals surface area contributed by atoms with Gasteiger partial charge in [-0.3, -0.25) is 0 Å². The molecule has 2 amide bonds. The maximum atomic E-state index is 12.2. The van der Waals surface area contributed by atoms with E-state index in [1.54, 1.807) is 26.0 Å². The van der Waals surface area contributed by atoms with Gasteiger partial charge in [-0.1, -0.05) is 0 Å². The van der Waals surface area contributed by atoms with Crippen LogP contribution in [0.2, 0.25) is 0 Å². The van der Waals surface area contributed by atoms with Gasteiger partial charge in [-0.25, -0.2) is 9.59 Å². The number of methoxy groups -OCH3 is 1. The molecule has 1 atom stereocenters. The van der Waals surface area contributed by atoms with E-state index in [1.807, 2.05) is 0 Å². The maximum Gasteiger partial charge on any atom is 0.338 e. The second-order valence-corrected chi connectivity index (χ2v) is 4.72. The molecular weight excluding hydrogens is 288 g/mol. The van der Waals surface area contributed by atoms with Crippen LogP contribution in [0.5, 0.6) is 11.5 Å². The molecule has 118 valence electrons. The number of aromatic hydroxyl groups is 1. The summed E-state index contributed by atoms with van der Waals surface area (Å²) in [4.78, 5) is 23.9. The summed E-state index contributed by atoms with van der Waals surface area (Å²) >= 11 is 0. The zero-order valence-corrected chi connectivity index (χ0v) is 12.6. The number of phenolic OH excluding ortho intramolecular Hbond substituents is 1. The van der Waals surface area contributed by atoms with Crippen molar-refractivity contribution >= 4 is 17.7 Å². The van der Waals surface area contributed by atoms with E-state index in [-0.39, 0.29) is 18.1 Å². The van der Waals surface area contributed by atoms with Gasteiger partial charge in [0.05, 0.1) is 31.0 Å². The summed E-state index contributed by atoms with van der Waals surface area (Å²) < 4.78 is 10.1. The fraction of sp³-hybridized carbons (Fsp3) is 0.333. The van der Waals surface area contributed by atoms with Gasteiger partial charge in [-0.05, 0) is 32.0 Å². The van der Waals surface area contributed by atoms with Crippen molar-refractivity contribution < 1.29 is 24.2 Å². The fourth-order valence-electron chi connectivity index (χ4n) is 2.25. The van der Waals surface area contributed by atoms with E-state index in [0.29, 0.717) is 16.8 Å². The van der Waals surface area contributed by atoms with Crippen LogP contribution in [0.1, 0.15) is 19.4 Å². The fourth-order valence-corrected chi connectivity index (χ4v) is 2.25. The minimum absolute atomic E-state index is 0.0298. The molecule has 1 aromatic carbocycles. The first-order valence-corrected chi connectivity index (χ1v) is 6.84. The van der Waals surface area contributed by atoms with Crippen LogP contribution in [0.4, 0.5) is 4.79 Å². The van der Waals surface area contributed by atoms with E-state index in [4.69, 9.17) is 9.47 Å². The standard InChI is InChI=1S/C15H18N2O5/c1-4-22-14(19)12-8(2)16-15(20)17-13(12)9-5-6-10(18)11(7-9)21-3/h5-8,18H,4H2,1-3H3,(H2,16,17,20)/t8-/m1/s1. The Bertz CT molecular complexity index is 639. The molecular formula is C15H18N2O5. The zero-order chi connectivity index (χ0) is 16.3. The Kier molecular flexibility index (Phi) is 4.55. The van der Waals surface area contributed by atoms with Gasteiger partial charge in [0.15, 0.2) is 11.5 Å². The molecule has 0 aliphatic carbocycles. The van der Waals surface area contributed by atoms with Gasteiger partial charge in [0.2, 0.25) is 0 Å². The molecule has 1 aromatic rings. The smallest absolute Gasteiger partial charge is 0.338 e. The van der Waals surface area contributed by atoms with Gasteiger partial charge in [-0.15, -0.1) is 0 Å². The molecule has 0 saturated carbocycles. The van der Waals surface area contributed by atoms with E-state index < -0.39 is 18.0 Å². The molecule has 1 aliphatic heterocycles. The Hall–Kier alpha value is -2.70. The molecule has 0 saturated heterocycles. The number of hydrogen-bond acceptors (Lipinski definition) is 5. The van der Waals surface area contributed by atoms with Crippen LogP contribution in [0.15, 0.2) is 23.8 Å². The Morgan fingerprint density at radius 3 is 2.77 bits per heavy atom. The lowest BCUT2D eigenvalue weighted by Gasteiger charge is -2.27. The second kappa shape index (κ2) is 6.38. The third kappa shape index (κ3) is 2.98. The van der Waals surface area contributed by atoms with Crippen molar-refractivity contribution in [3.63, 3.8) is 0 Å². The van der Waals surface area contributed by atoms with Crippen LogP contribution in [0, 0.1) is 0 Å². The first-order valence-electron chi connectivity index (χ1n) is 6.84. The quantitative estimate of drug-likeness (QED) is 0.730. The summed E-state index contributed by atoms with van der Waals surface area (Å²) in [5, 5.41) is 14.9. The Balaban J connectivity index is 2.56. The SMILES string of the molecule is CCOC(=O)C1=C(c2ccc(O)c(OC)c2)NC(=O)N[C@@H]1C. The molecule has 2 rings (SSSR count). The summed E-state index contributed by atoms with van der Waals surface area (Å²) in [5.74, 6) is -0.295. The minimum Gasteiger partial charge on any atom is -0.504 e. The number of phenols is 1. The summed E-state index contributed by atoms with van der Waals surface area (Å²) in [5.41, 5.74) is 1.20. The molecule has 7 heteroatoms. The number of amides is 2. The Labute approximate surface area is 127 Å². The van der Waals surface area contributed by atoms with Crippen LogP contribution in [-0.2, 0) is 9.53 Å². The topological polar surface area (TPSA) is 96.9 Å². The van der Waals surface area contributed by atoms with Crippen LogP contribution < -0.4 is 15.4 Å². The highest BCUT2D eigenvalue weighted by Gasteiger charge is 2.30. The summed E-state index contributed by atoms with van der Waals surface area (Å²) in [6.07, 6.45) is 0. The third-order valence-corrected chi connectivity index (χ3v) is 3.25. The molecule has 0 aromatic heterocycles. The molecule has 0 radical (unpaired) electrons. The lowest BCUT2D eigenvalue weighted by molar-refractivity contribution is -0.138. The Morgan fingerprint density at radius 2 is 2.14 bits per heavy atom. The molecule has 0 bridgehead atoms. The van der Waals surface area contributed by atoms with Gasteiger partial charge in [0, 0.05) is 5.56 Å². The molecule has 0 fully saturated rings. The number of carbonyl (C=O) groups excluding carboxylic acids is 2. The highest BCUT2D eigenvalue weighted by molar-refractivity contribution is 6.04. The van der Waals surface area contributed by atoms with E-state index in [1.165, 1.54) is 13.2 Å². The maximum absolute atomic E-state index is 12.2. The number of ether oxygens (including phenoxy) is 2. The van der Waals surface area contributed by atoms with E-state index in [2.05, 4.69) is 10.6 Å². The average molecular weight is 306 g/mol. The predicted octanol–water partition coefficient (Wildman–Crippen LogP) is 1.38. The lowest BCUT2D eigenvalue weighted by atomic mass is 9.99. The van der Waals surface area contributed by atoms with Gasteiger partial charge in [0.25, 0.3) is 0 Å².